The van der Waals surface area contributed by atoms with Crippen LogP contribution in [0, 0.1) is 0 Å². The lowest BCUT2D eigenvalue weighted by atomic mass is 9.98. The Hall–Kier alpha value is -8.38. The van der Waals surface area contributed by atoms with E-state index in [0.29, 0.717) is 5.95 Å². The Kier molecular flexibility index (Phi) is 7.82. The van der Waals surface area contributed by atoms with Crippen molar-refractivity contribution < 1.29 is 0 Å². The second kappa shape index (κ2) is 14.1. The summed E-state index contributed by atoms with van der Waals surface area (Å²) in [6.45, 7) is 0. The van der Waals surface area contributed by atoms with Crippen molar-refractivity contribution in [2.24, 2.45) is 0 Å². The number of rotatable bonds is 5. The van der Waals surface area contributed by atoms with Gasteiger partial charge in [0, 0.05) is 37.7 Å². The van der Waals surface area contributed by atoms with E-state index in [0.717, 1.165) is 43.8 Å². The van der Waals surface area contributed by atoms with Crippen LogP contribution in [0.3, 0.4) is 0 Å². The standard InChI is InChI=1S/C60H36N4S/c1-3-17-40(18-4-1)58-59-50(36-55(65-59)47-25-13-19-37-14-7-10-22-44(37)47)61-60(62-58)64-52-31-29-42(35-49(52)57-46-24-12-9-16-39(46)27-33-54(57)64)41-28-30-51-48(34-41)56-45-23-11-8-15-38(45)26-32-53(56)63(51)43-20-5-2-6-21-43/h1-36H. The van der Waals surface area contributed by atoms with Crippen LogP contribution < -0.4 is 0 Å². The molecule has 0 unspecified atom stereocenters. The molecule has 0 saturated carbocycles. The number of para-hydroxylation sites is 1. The molecule has 0 N–H and O–H groups in total. The second-order valence-corrected chi connectivity index (χ2v) is 18.0. The summed E-state index contributed by atoms with van der Waals surface area (Å²) in [5.74, 6) is 0.656. The first kappa shape index (κ1) is 36.1. The lowest BCUT2D eigenvalue weighted by molar-refractivity contribution is 1.02. The SMILES string of the molecule is c1ccc(-c2nc(-n3c4ccc(-c5ccc6c(c5)c5c7ccccc7ccc5n6-c5ccccc5)cc4c4c5ccccc5ccc43)nc3cc(-c4cccc5ccccc45)sc23)cc1. The molecular formula is C60H36N4S. The maximum Gasteiger partial charge on any atom is 0.235 e. The van der Waals surface area contributed by atoms with Crippen LogP contribution in [-0.2, 0) is 0 Å². The van der Waals surface area contributed by atoms with E-state index in [-0.39, 0.29) is 0 Å². The molecule has 5 heteroatoms. The van der Waals surface area contributed by atoms with E-state index in [1.54, 1.807) is 11.3 Å². The van der Waals surface area contributed by atoms with Crippen molar-refractivity contribution in [3.63, 3.8) is 0 Å². The summed E-state index contributed by atoms with van der Waals surface area (Å²) in [6, 6.07) is 79.1. The van der Waals surface area contributed by atoms with Gasteiger partial charge in [-0.2, -0.15) is 0 Å². The van der Waals surface area contributed by atoms with Gasteiger partial charge >= 0.3 is 0 Å². The van der Waals surface area contributed by atoms with E-state index >= 15 is 0 Å². The predicted molar refractivity (Wildman–Crippen MR) is 275 cm³/mol. The molecule has 302 valence electrons. The molecule has 0 atom stereocenters. The van der Waals surface area contributed by atoms with E-state index in [4.69, 9.17) is 9.97 Å². The Morgan fingerprint density at radius 1 is 0.354 bits per heavy atom. The zero-order valence-electron chi connectivity index (χ0n) is 35.0. The smallest absolute Gasteiger partial charge is 0.235 e. The third-order valence-electron chi connectivity index (χ3n) is 13.3. The Morgan fingerprint density at radius 2 is 0.877 bits per heavy atom. The van der Waals surface area contributed by atoms with Crippen LogP contribution in [0.25, 0.3) is 131 Å². The summed E-state index contributed by atoms with van der Waals surface area (Å²) < 4.78 is 5.77. The van der Waals surface area contributed by atoms with Crippen LogP contribution in [0.5, 0.6) is 0 Å². The van der Waals surface area contributed by atoms with Crippen molar-refractivity contribution in [3.05, 3.63) is 218 Å². The van der Waals surface area contributed by atoms with Gasteiger partial charge in [0.05, 0.1) is 38.0 Å². The normalized spacial score (nSPS) is 12.0. The summed E-state index contributed by atoms with van der Waals surface area (Å²) in [5, 5.41) is 12.2. The molecule has 0 spiro atoms. The summed E-state index contributed by atoms with van der Waals surface area (Å²) in [7, 11) is 0. The van der Waals surface area contributed by atoms with Crippen LogP contribution in [-0.4, -0.2) is 19.1 Å². The average molecular weight is 845 g/mol. The highest BCUT2D eigenvalue weighted by Gasteiger charge is 2.22. The second-order valence-electron chi connectivity index (χ2n) is 16.9. The number of hydrogen-bond donors (Lipinski definition) is 0. The Bertz CT molecular complexity index is 4230. The van der Waals surface area contributed by atoms with Gasteiger partial charge in [-0.15, -0.1) is 11.3 Å². The Balaban J connectivity index is 1.02. The van der Waals surface area contributed by atoms with Crippen molar-refractivity contribution in [2.75, 3.05) is 0 Å². The van der Waals surface area contributed by atoms with Crippen LogP contribution >= 0.6 is 11.3 Å². The zero-order valence-corrected chi connectivity index (χ0v) is 35.8. The van der Waals surface area contributed by atoms with Crippen molar-refractivity contribution >= 4 is 97.5 Å². The lowest BCUT2D eigenvalue weighted by Crippen LogP contribution is -2.02. The Morgan fingerprint density at radius 3 is 1.54 bits per heavy atom. The number of hydrogen-bond acceptors (Lipinski definition) is 3. The molecule has 0 bridgehead atoms. The summed E-state index contributed by atoms with van der Waals surface area (Å²) in [4.78, 5) is 12.2. The average Bonchev–Trinajstić information content (AvgIpc) is 4.06. The van der Waals surface area contributed by atoms with Gasteiger partial charge in [0.15, 0.2) is 0 Å². The fourth-order valence-corrected chi connectivity index (χ4v) is 11.5. The van der Waals surface area contributed by atoms with E-state index in [9.17, 15) is 0 Å². The molecule has 4 aromatic heterocycles. The number of fused-ring (bicyclic) bond motifs is 12. The van der Waals surface area contributed by atoms with Crippen molar-refractivity contribution in [1.82, 2.24) is 19.1 Å². The molecule has 65 heavy (non-hydrogen) atoms. The zero-order chi connectivity index (χ0) is 42.6. The quantitative estimate of drug-likeness (QED) is 0.173. The first-order valence-electron chi connectivity index (χ1n) is 22.1. The minimum Gasteiger partial charge on any atom is -0.309 e. The molecule has 14 rings (SSSR count). The molecular weight excluding hydrogens is 809 g/mol. The van der Waals surface area contributed by atoms with Crippen LogP contribution in [0.1, 0.15) is 0 Å². The first-order valence-corrected chi connectivity index (χ1v) is 22.9. The largest absolute Gasteiger partial charge is 0.309 e. The maximum atomic E-state index is 5.52. The van der Waals surface area contributed by atoms with Gasteiger partial charge in [0.1, 0.15) is 0 Å². The van der Waals surface area contributed by atoms with E-state index in [1.165, 1.54) is 80.9 Å². The molecule has 4 nitrogen and oxygen atoms in total. The highest BCUT2D eigenvalue weighted by molar-refractivity contribution is 7.22. The number of aromatic nitrogens is 4. The fraction of sp³-hybridized carbons (Fsp3) is 0. The van der Waals surface area contributed by atoms with Crippen molar-refractivity contribution in [2.45, 2.75) is 0 Å². The summed E-state index contributed by atoms with van der Waals surface area (Å²) in [6.07, 6.45) is 0. The van der Waals surface area contributed by atoms with E-state index < -0.39 is 0 Å². The van der Waals surface area contributed by atoms with Crippen LogP contribution in [0.2, 0.25) is 0 Å². The third kappa shape index (κ3) is 5.49. The minimum atomic E-state index is 0.656. The molecule has 0 aliphatic rings. The van der Waals surface area contributed by atoms with Gasteiger partial charge < -0.3 is 4.57 Å². The minimum absolute atomic E-state index is 0.656. The molecule has 0 radical (unpaired) electrons. The first-order chi connectivity index (χ1) is 32.2. The third-order valence-corrected chi connectivity index (χ3v) is 14.5. The molecule has 0 aliphatic heterocycles. The molecule has 0 fully saturated rings. The van der Waals surface area contributed by atoms with E-state index in [2.05, 4.69) is 228 Å². The van der Waals surface area contributed by atoms with Gasteiger partial charge in [0.2, 0.25) is 5.95 Å². The lowest BCUT2D eigenvalue weighted by Gasteiger charge is -2.10. The number of nitrogens with zero attached hydrogens (tertiary/aromatic N) is 4. The predicted octanol–water partition coefficient (Wildman–Crippen LogP) is 16.3. The van der Waals surface area contributed by atoms with Gasteiger partial charge in [-0.1, -0.05) is 164 Å². The summed E-state index contributed by atoms with van der Waals surface area (Å²) >= 11 is 1.77. The Labute approximate surface area is 377 Å². The van der Waals surface area contributed by atoms with Gasteiger partial charge in [0.25, 0.3) is 0 Å². The number of benzene rings is 10. The van der Waals surface area contributed by atoms with Crippen molar-refractivity contribution in [3.8, 4) is 44.5 Å². The topological polar surface area (TPSA) is 35.6 Å². The molecule has 0 saturated heterocycles. The van der Waals surface area contributed by atoms with E-state index in [1.807, 2.05) is 0 Å². The summed E-state index contributed by atoms with van der Waals surface area (Å²) in [5.41, 5.74) is 12.2. The monoisotopic (exact) mass is 844 g/mol. The molecule has 0 aliphatic carbocycles. The van der Waals surface area contributed by atoms with Crippen molar-refractivity contribution in [1.29, 1.82) is 0 Å². The number of thiophene rings is 1. The fourth-order valence-electron chi connectivity index (χ4n) is 10.4. The molecule has 14 aromatic rings. The maximum absolute atomic E-state index is 5.52. The molecule has 4 heterocycles. The highest BCUT2D eigenvalue weighted by atomic mass is 32.1. The molecule has 10 aromatic carbocycles. The van der Waals surface area contributed by atoms with Crippen LogP contribution in [0.15, 0.2) is 218 Å². The highest BCUT2D eigenvalue weighted by Crippen LogP contribution is 2.44. The van der Waals surface area contributed by atoms with Crippen LogP contribution in [0.4, 0.5) is 0 Å². The molecule has 0 amide bonds. The van der Waals surface area contributed by atoms with Gasteiger partial charge in [-0.05, 0) is 104 Å². The van der Waals surface area contributed by atoms with Gasteiger partial charge in [-0.25, -0.2) is 9.97 Å². The van der Waals surface area contributed by atoms with Gasteiger partial charge in [-0.3, -0.25) is 4.57 Å².